The second-order valence-corrected chi connectivity index (χ2v) is 15.1. The highest BCUT2D eigenvalue weighted by Gasteiger charge is 2.53. The lowest BCUT2D eigenvalue weighted by atomic mass is 9.49. The van der Waals surface area contributed by atoms with E-state index in [1.165, 1.54) is 78.4 Å². The maximum atomic E-state index is 13.4. The highest BCUT2D eigenvalue weighted by molar-refractivity contribution is 8.00. The smallest absolute Gasteiger partial charge is 0.233 e. The fourth-order valence-electron chi connectivity index (χ4n) is 9.00. The molecule has 6 heteroatoms. The third-order valence-corrected chi connectivity index (χ3v) is 12.5. The van der Waals surface area contributed by atoms with Crippen LogP contribution in [-0.4, -0.2) is 39.1 Å². The Kier molecular flexibility index (Phi) is 6.15. The van der Waals surface area contributed by atoms with Gasteiger partial charge in [-0.1, -0.05) is 25.6 Å². The minimum Gasteiger partial charge on any atom is -0.339 e. The number of piperidine rings is 1. The molecule has 0 radical (unpaired) electrons. The summed E-state index contributed by atoms with van der Waals surface area (Å²) in [5.74, 6) is 5.38. The van der Waals surface area contributed by atoms with Crippen molar-refractivity contribution >= 4 is 39.2 Å². The van der Waals surface area contributed by atoms with E-state index in [4.69, 9.17) is 9.97 Å². The van der Waals surface area contributed by atoms with E-state index in [1.54, 1.807) is 11.8 Å². The quantitative estimate of drug-likeness (QED) is 0.308. The number of nitrogens with zero attached hydrogens (tertiary/aromatic N) is 3. The Labute approximate surface area is 224 Å². The van der Waals surface area contributed by atoms with E-state index >= 15 is 0 Å². The number of carbonyl (C=O) groups excluding carboxylic acids is 1. The number of likely N-dealkylation sites (tertiary alicyclic amines) is 1. The summed E-state index contributed by atoms with van der Waals surface area (Å²) in [5, 5.41) is 2.43. The van der Waals surface area contributed by atoms with Crippen molar-refractivity contribution in [2.45, 2.75) is 114 Å². The molecule has 0 aromatic carbocycles. The van der Waals surface area contributed by atoms with Crippen LogP contribution in [0.25, 0.3) is 10.2 Å². The van der Waals surface area contributed by atoms with Crippen LogP contribution in [0.4, 0.5) is 0 Å². The predicted molar refractivity (Wildman–Crippen MR) is 149 cm³/mol. The summed E-state index contributed by atoms with van der Waals surface area (Å²) in [6.45, 7) is 5.55. The summed E-state index contributed by atoms with van der Waals surface area (Å²) in [7, 11) is 0. The Morgan fingerprint density at radius 3 is 2.56 bits per heavy atom. The van der Waals surface area contributed by atoms with Crippen LogP contribution in [0.2, 0.25) is 0 Å². The lowest BCUT2D eigenvalue weighted by Gasteiger charge is -2.56. The average Bonchev–Trinajstić information content (AvgIpc) is 3.23. The van der Waals surface area contributed by atoms with Crippen molar-refractivity contribution in [2.24, 2.45) is 23.7 Å². The van der Waals surface area contributed by atoms with Gasteiger partial charge in [0.05, 0.1) is 5.75 Å². The first-order valence-corrected chi connectivity index (χ1v) is 16.6. The van der Waals surface area contributed by atoms with E-state index in [2.05, 4.69) is 18.7 Å². The van der Waals surface area contributed by atoms with Gasteiger partial charge in [0, 0.05) is 28.3 Å². The van der Waals surface area contributed by atoms with E-state index in [0.29, 0.717) is 17.7 Å². The molecule has 2 aromatic rings. The van der Waals surface area contributed by atoms with Gasteiger partial charge in [0.15, 0.2) is 0 Å². The Bertz CT molecular complexity index is 1140. The molecule has 36 heavy (non-hydrogen) atoms. The lowest BCUT2D eigenvalue weighted by Crippen LogP contribution is -2.49. The number of rotatable bonds is 5. The maximum Gasteiger partial charge on any atom is 0.233 e. The topological polar surface area (TPSA) is 46.1 Å². The monoisotopic (exact) mass is 523 g/mol. The Balaban J connectivity index is 1.25. The van der Waals surface area contributed by atoms with E-state index in [-0.39, 0.29) is 5.41 Å². The molecule has 0 unspecified atom stereocenters. The van der Waals surface area contributed by atoms with Crippen LogP contribution < -0.4 is 0 Å². The third kappa shape index (κ3) is 4.04. The zero-order valence-electron chi connectivity index (χ0n) is 22.1. The van der Waals surface area contributed by atoms with E-state index < -0.39 is 0 Å². The molecule has 1 saturated heterocycles. The number of thiophene rings is 1. The summed E-state index contributed by atoms with van der Waals surface area (Å²) in [6.07, 6.45) is 16.4. The van der Waals surface area contributed by atoms with Crippen molar-refractivity contribution < 1.29 is 4.79 Å². The molecule has 2 aromatic heterocycles. The molecule has 1 amide bonds. The first-order chi connectivity index (χ1) is 17.5. The lowest BCUT2D eigenvalue weighted by molar-refractivity contribution is -0.132. The summed E-state index contributed by atoms with van der Waals surface area (Å²) in [5.41, 5.74) is 1.70. The molecule has 0 spiro atoms. The minimum absolute atomic E-state index is 0.195. The summed E-state index contributed by atoms with van der Waals surface area (Å²) >= 11 is 3.67. The van der Waals surface area contributed by atoms with Gasteiger partial charge < -0.3 is 4.90 Å². The predicted octanol–water partition coefficient (Wildman–Crippen LogP) is 7.17. The SMILES string of the molecule is CC[C@H]1CCCCN1C(=O)CSc1nc(C23CC4CC(CC(C4)C2)C3)nc2sc3c(c12)CC[C@H](C)C3. The van der Waals surface area contributed by atoms with Crippen molar-refractivity contribution in [3.05, 3.63) is 16.3 Å². The number of aryl methyl sites for hydroxylation is 1. The highest BCUT2D eigenvalue weighted by atomic mass is 32.2. The van der Waals surface area contributed by atoms with Crippen molar-refractivity contribution in [1.29, 1.82) is 0 Å². The van der Waals surface area contributed by atoms with Crippen molar-refractivity contribution in [1.82, 2.24) is 14.9 Å². The molecule has 1 aliphatic heterocycles. The third-order valence-electron chi connectivity index (χ3n) is 10.4. The second-order valence-electron chi connectivity index (χ2n) is 13.0. The number of thioether (sulfide) groups is 1. The zero-order chi connectivity index (χ0) is 24.4. The van der Waals surface area contributed by atoms with Gasteiger partial charge in [0.1, 0.15) is 15.7 Å². The van der Waals surface area contributed by atoms with E-state index in [1.807, 2.05) is 11.3 Å². The fraction of sp³-hybridized carbons (Fsp3) is 0.767. The van der Waals surface area contributed by atoms with Crippen molar-refractivity contribution in [2.75, 3.05) is 12.3 Å². The number of hydrogen-bond acceptors (Lipinski definition) is 5. The molecule has 6 aliphatic rings. The average molecular weight is 524 g/mol. The Morgan fingerprint density at radius 2 is 1.83 bits per heavy atom. The van der Waals surface area contributed by atoms with Crippen LogP contribution in [-0.2, 0) is 23.1 Å². The molecule has 8 rings (SSSR count). The molecule has 194 valence electrons. The van der Waals surface area contributed by atoms with Gasteiger partial charge in [0.25, 0.3) is 0 Å². The molecule has 5 fully saturated rings. The van der Waals surface area contributed by atoms with Gasteiger partial charge in [-0.15, -0.1) is 11.3 Å². The van der Waals surface area contributed by atoms with Gasteiger partial charge in [-0.2, -0.15) is 0 Å². The first kappa shape index (κ1) is 23.9. The first-order valence-electron chi connectivity index (χ1n) is 14.8. The molecular formula is C30H41N3OS2. The van der Waals surface area contributed by atoms with Crippen LogP contribution in [0.3, 0.4) is 0 Å². The van der Waals surface area contributed by atoms with Gasteiger partial charge in [-0.05, 0) is 113 Å². The zero-order valence-corrected chi connectivity index (χ0v) is 23.7. The Morgan fingerprint density at radius 1 is 1.08 bits per heavy atom. The fourth-order valence-corrected chi connectivity index (χ4v) is 11.4. The molecule has 3 heterocycles. The molecule has 2 atom stereocenters. The molecule has 4 nitrogen and oxygen atoms in total. The minimum atomic E-state index is 0.195. The molecule has 4 saturated carbocycles. The van der Waals surface area contributed by atoms with E-state index in [0.717, 1.165) is 66.8 Å². The summed E-state index contributed by atoms with van der Waals surface area (Å²) in [4.78, 5) is 29.2. The van der Waals surface area contributed by atoms with Crippen LogP contribution in [0.15, 0.2) is 5.03 Å². The van der Waals surface area contributed by atoms with Crippen LogP contribution in [0, 0.1) is 23.7 Å². The molecular weight excluding hydrogens is 482 g/mol. The van der Waals surface area contributed by atoms with Crippen molar-refractivity contribution in [3.63, 3.8) is 0 Å². The van der Waals surface area contributed by atoms with Crippen molar-refractivity contribution in [3.8, 4) is 0 Å². The number of aromatic nitrogens is 2. The van der Waals surface area contributed by atoms with Crippen LogP contribution in [0.5, 0.6) is 0 Å². The second kappa shape index (κ2) is 9.25. The highest BCUT2D eigenvalue weighted by Crippen LogP contribution is 2.60. The molecule has 0 N–H and O–H groups in total. The Hall–Kier alpha value is -1.14. The largest absolute Gasteiger partial charge is 0.339 e. The number of hydrogen-bond donors (Lipinski definition) is 0. The van der Waals surface area contributed by atoms with Gasteiger partial charge >= 0.3 is 0 Å². The van der Waals surface area contributed by atoms with Gasteiger partial charge in [0.2, 0.25) is 5.91 Å². The summed E-state index contributed by atoms with van der Waals surface area (Å²) < 4.78 is 0. The summed E-state index contributed by atoms with van der Waals surface area (Å²) in [6, 6.07) is 0.426. The van der Waals surface area contributed by atoms with Gasteiger partial charge in [-0.25, -0.2) is 9.97 Å². The number of carbonyl (C=O) groups is 1. The number of fused-ring (bicyclic) bond motifs is 3. The van der Waals surface area contributed by atoms with Crippen LogP contribution >= 0.6 is 23.1 Å². The van der Waals surface area contributed by atoms with E-state index in [9.17, 15) is 4.79 Å². The van der Waals surface area contributed by atoms with Crippen LogP contribution in [0.1, 0.15) is 101 Å². The normalized spacial score (nSPS) is 35.4. The maximum absolute atomic E-state index is 13.4. The molecule has 4 bridgehead atoms. The number of amides is 1. The standard InChI is InChI=1S/C30H41N3OS2/c1-3-22-6-4-5-9-33(22)25(34)17-35-27-26-23-8-7-18(2)10-24(23)36-28(26)32-29(31-27)30-14-19-11-20(15-30)13-21(12-19)16-30/h18-22H,3-17H2,1-2H3/t18-,19?,20?,21?,22-,30?/m0/s1. The molecule has 5 aliphatic carbocycles. The van der Waals surface area contributed by atoms with Gasteiger partial charge in [-0.3, -0.25) is 4.79 Å².